The number of fused-ring (bicyclic) bond motifs is 21. The van der Waals surface area contributed by atoms with E-state index >= 15 is 0 Å². The highest BCUT2D eigenvalue weighted by atomic mass is 32.1. The van der Waals surface area contributed by atoms with Gasteiger partial charge in [-0.25, -0.2) is 9.97 Å². The summed E-state index contributed by atoms with van der Waals surface area (Å²) in [5.41, 5.74) is 6.11. The Hall–Kier alpha value is -16.6. The van der Waals surface area contributed by atoms with E-state index in [0.29, 0.717) is 93.5 Å². The zero-order valence-corrected chi connectivity index (χ0v) is 84.0. The minimum atomic E-state index is -3.03. The number of nitrogens with zero attached hydrogens (tertiary/aromatic N) is 7. The Morgan fingerprint density at radius 1 is 0.318 bits per heavy atom. The number of benzene rings is 18. The lowest BCUT2D eigenvalue weighted by Crippen LogP contribution is -2.47. The zero-order valence-electron chi connectivity index (χ0n) is 112. The fourth-order valence-corrected chi connectivity index (χ4v) is 26.7. The third kappa shape index (κ3) is 14.9. The number of rotatable bonds is 11. The lowest BCUT2D eigenvalue weighted by Gasteiger charge is -2.27. The molecule has 24 aromatic rings. The quantitative estimate of drug-likeness (QED) is 0.116. The molecular weight excluding hydrogens is 1870 g/mol. The van der Waals surface area contributed by atoms with Gasteiger partial charge in [-0.15, -0.1) is 0 Å². The van der Waals surface area contributed by atoms with Crippen LogP contribution in [0.2, 0.25) is 26.2 Å². The van der Waals surface area contributed by atoms with Crippen LogP contribution in [0.3, 0.4) is 0 Å². The third-order valence-electron chi connectivity index (χ3n) is 28.4. The molecule has 726 valence electrons. The molecule has 14 nitrogen and oxygen atoms in total. The van der Waals surface area contributed by atoms with Gasteiger partial charge in [-0.3, -0.25) is 17.8 Å². The minimum Gasteiger partial charge on any atom is -0.537 e. The maximum atomic E-state index is 9.13. The molecule has 0 saturated carbocycles. The molecule has 0 radical (unpaired) electrons. The lowest BCUT2D eigenvalue weighted by atomic mass is 9.84. The van der Waals surface area contributed by atoms with Gasteiger partial charge >= 0.3 is 5.84 Å². The number of aryl methyl sites for hydroxylation is 5. The number of para-hydroxylation sites is 18. The number of hydrogen-bond donors (Lipinski definition) is 0. The summed E-state index contributed by atoms with van der Waals surface area (Å²) in [6, 6.07) is 96.6. The SMILES string of the molecule is [2H]C([2H])([2H])c1ccc(-c2ccc(C([2H])([2H])C)c(-c3cccc4c3oc3nc5ccccc5n34)c2C([2H])([2H])[2H])c(C([2H])([2H])[2H])c1-c1cccc2c1Oc1ccccc1O[Si]2(C)C.[2H]C([2H])([2H])c1ccc(-c2ccc(C([2H])([2H])C)c(-c3cccc4c3sc3nc5ccccc5n34)c2C([2H])([2H])[2H])c(C([2H])([2H])[2H])c1-c1cccc2c1Oc1ccccc1O[Si]2(C)C.[2H]C([2H])([2H])c1ccc(-c2cccc(-n3c4ccccc4n4c5ccccc5nc34)c2C([2H])([2H])[2H])c(C([2H])([2H])[2H])c1-c1cccc2c1Oc1ccccc1OC2(C)C. The van der Waals surface area contributed by atoms with Gasteiger partial charge in [0.1, 0.15) is 34.3 Å². The second kappa shape index (κ2) is 35.7. The largest absolute Gasteiger partial charge is 0.537 e. The van der Waals surface area contributed by atoms with Crippen LogP contribution in [0.4, 0.5) is 0 Å². The Bertz CT molecular complexity index is 10600. The van der Waals surface area contributed by atoms with Crippen LogP contribution in [-0.2, 0) is 18.3 Å². The molecule has 9 heterocycles. The lowest BCUT2D eigenvalue weighted by molar-refractivity contribution is 0.111. The monoisotopic (exact) mass is 2010 g/mol. The smallest absolute Gasteiger partial charge is 0.307 e. The van der Waals surface area contributed by atoms with Crippen molar-refractivity contribution in [1.82, 2.24) is 32.7 Å². The Morgan fingerprint density at radius 2 is 0.709 bits per heavy atom. The Balaban J connectivity index is 0.000000133. The molecule has 0 spiro atoms. The average Bonchev–Trinajstić information content (AvgIpc) is 1.17. The van der Waals surface area contributed by atoms with Gasteiger partial charge in [0.05, 0.1) is 65.6 Å². The summed E-state index contributed by atoms with van der Waals surface area (Å²) in [6.07, 6.45) is -4.16. The van der Waals surface area contributed by atoms with Crippen molar-refractivity contribution in [1.29, 1.82) is 0 Å². The first-order valence-corrected chi connectivity index (χ1v) is 55.0. The normalized spacial score (nSPS) is 17.6. The van der Waals surface area contributed by atoms with Crippen LogP contribution >= 0.6 is 11.3 Å². The predicted molar refractivity (Wildman–Crippen MR) is 614 cm³/mol. The zero-order chi connectivity index (χ0) is 127. The molecule has 0 aliphatic carbocycles. The summed E-state index contributed by atoms with van der Waals surface area (Å²) in [5, 5.41) is 1.33. The van der Waals surface area contributed by atoms with Crippen LogP contribution in [0.25, 0.3) is 177 Å². The van der Waals surface area contributed by atoms with Crippen molar-refractivity contribution in [3.05, 3.63) is 406 Å². The number of ether oxygens (including phenoxy) is 4. The third-order valence-corrected chi connectivity index (χ3v) is 34.3. The number of hydrogen-bond acceptors (Lipinski definition) is 11. The topological polar surface area (TPSA) is 125 Å². The van der Waals surface area contributed by atoms with Crippen molar-refractivity contribution < 1.29 is 74.7 Å². The van der Waals surface area contributed by atoms with Gasteiger partial charge in [-0.05, 0) is 340 Å². The summed E-state index contributed by atoms with van der Waals surface area (Å²) >= 11 is 1.34. The molecule has 3 aliphatic rings. The van der Waals surface area contributed by atoms with E-state index in [2.05, 4.69) is 4.98 Å². The molecule has 0 fully saturated rings. The highest BCUT2D eigenvalue weighted by Crippen LogP contribution is 2.55. The maximum Gasteiger partial charge on any atom is 0.307 e. The van der Waals surface area contributed by atoms with E-state index < -0.39 is 102 Å². The Morgan fingerprint density at radius 3 is 1.25 bits per heavy atom. The Kier molecular flexibility index (Phi) is 15.5. The van der Waals surface area contributed by atoms with Crippen molar-refractivity contribution in [2.45, 2.75) is 134 Å². The van der Waals surface area contributed by atoms with Crippen LogP contribution in [0.5, 0.6) is 51.7 Å². The van der Waals surface area contributed by atoms with E-state index in [1.807, 2.05) is 182 Å². The molecule has 0 amide bonds. The number of thiazole rings is 1. The first-order valence-electron chi connectivity index (χ1n) is 63.8. The van der Waals surface area contributed by atoms with Gasteiger partial charge in [-0.2, -0.15) is 4.98 Å². The van der Waals surface area contributed by atoms with Gasteiger partial charge in [0, 0.05) is 86.2 Å². The molecule has 27 rings (SSSR count). The molecule has 6 aromatic heterocycles. The van der Waals surface area contributed by atoms with E-state index in [1.165, 1.54) is 85.8 Å². The number of imidazole rings is 4. The van der Waals surface area contributed by atoms with E-state index in [1.54, 1.807) is 155 Å². The van der Waals surface area contributed by atoms with Gasteiger partial charge in [0.2, 0.25) is 5.78 Å². The summed E-state index contributed by atoms with van der Waals surface area (Å²) in [5.74, 6) is 4.00. The van der Waals surface area contributed by atoms with E-state index in [4.69, 9.17) is 84.7 Å². The molecule has 0 saturated heterocycles. The molecule has 18 aromatic carbocycles. The summed E-state index contributed by atoms with van der Waals surface area (Å²) in [4.78, 5) is 15.1. The van der Waals surface area contributed by atoms with E-state index in [-0.39, 0.29) is 173 Å². The average molecular weight is 2010 g/mol. The standard InChI is InChI=1S/C44H38N2O3Si.C44H38N2O2SSi.C43H35N3O2/c1-7-29-23-25-31(28(4)41(29)33-14-12-18-36-42(33)48-44-45-34-16-8-9-17-35(34)46(36)44)30-24-22-26(2)40(27(30)3)32-15-13-21-39-43(32)47-37-19-10-11-20-38(37)49-50(39,5)6;1-7-29-23-25-31(28(4)41(29)33-15-12-18-36-43(33)49-44-45-34-16-8-9-17-35(34)46(36)44)30-24-22-26(2)40(27(30)3)32-14-13-21-39-42(32)47-37-19-10-11-20-38(37)48-50(39,5)6;1-26-24-25-30(28(3)40(26)31-15-12-16-32-41(31)47-38-22-10-11-23-39(38)48-43(32,4)5)29-14-13-21-34(27(29)2)45-36-19-8-9-20-37(36)46-35-18-7-6-17-33(35)44-42(45)46/h2*8-25H,7H2,1-6H3;6-25H,1-5H3/i2*2D3,3D3,4D3,7D2;1D3,2D3,3D3. The fourth-order valence-electron chi connectivity index (χ4n) is 21.4. The first kappa shape index (κ1) is 64.3. The molecule has 0 bridgehead atoms. The van der Waals surface area contributed by atoms with Crippen molar-refractivity contribution >= 4 is 120 Å². The molecular formula is C131H111N7O7SSi2. The Labute approximate surface area is 910 Å². The minimum absolute atomic E-state index is 0.00239. The molecule has 3 aliphatic heterocycles. The predicted octanol–water partition coefficient (Wildman–Crippen LogP) is 34.2. The van der Waals surface area contributed by atoms with Crippen LogP contribution in [-0.4, -0.2) is 49.4 Å². The van der Waals surface area contributed by atoms with Crippen molar-refractivity contribution in [2.75, 3.05) is 0 Å². The molecule has 17 heteroatoms. The van der Waals surface area contributed by atoms with E-state index in [0.717, 1.165) is 33.1 Å². The van der Waals surface area contributed by atoms with Crippen molar-refractivity contribution in [3.8, 4) is 146 Å². The fraction of sp³-hybridized carbons (Fsp3) is 0.153. The highest BCUT2D eigenvalue weighted by Gasteiger charge is 2.41. The molecule has 0 N–H and O–H groups in total. The molecule has 0 unspecified atom stereocenters. The highest BCUT2D eigenvalue weighted by molar-refractivity contribution is 7.24. The first-order chi connectivity index (χ1) is 84.1. The van der Waals surface area contributed by atoms with Gasteiger partial charge in [-0.1, -0.05) is 262 Å². The van der Waals surface area contributed by atoms with Crippen molar-refractivity contribution in [3.63, 3.8) is 0 Å². The summed E-state index contributed by atoms with van der Waals surface area (Å²) < 4.78 is 332. The second-order valence-corrected chi connectivity index (χ2v) is 46.8. The second-order valence-electron chi connectivity index (χ2n) is 38.3. The maximum absolute atomic E-state index is 9.13. The van der Waals surface area contributed by atoms with Gasteiger partial charge in [0.25, 0.3) is 16.6 Å². The van der Waals surface area contributed by atoms with Crippen LogP contribution in [0, 0.1) is 61.7 Å². The molecule has 0 atom stereocenters. The van der Waals surface area contributed by atoms with Gasteiger partial charge < -0.3 is 32.2 Å². The summed E-state index contributed by atoms with van der Waals surface area (Å²) in [6.45, 7) is -11.9. The van der Waals surface area contributed by atoms with Crippen LogP contribution in [0.1, 0.15) is 137 Å². The number of aromatic nitrogens is 7. The van der Waals surface area contributed by atoms with Gasteiger partial charge in [0.15, 0.2) is 33.5 Å². The van der Waals surface area contributed by atoms with Crippen molar-refractivity contribution in [2.24, 2.45) is 0 Å². The molecule has 148 heavy (non-hydrogen) atoms. The van der Waals surface area contributed by atoms with E-state index in [9.17, 15) is 0 Å². The number of oxazole rings is 1. The summed E-state index contributed by atoms with van der Waals surface area (Å²) in [7, 11) is -5.71. The van der Waals surface area contributed by atoms with Crippen LogP contribution in [0.15, 0.2) is 344 Å². The van der Waals surface area contributed by atoms with Crippen LogP contribution < -0.4 is 38.2 Å².